The normalized spacial score (nSPS) is 13.7. The molecule has 216 valence electrons. The number of nitrogens with zero attached hydrogens (tertiary/aromatic N) is 8. The van der Waals surface area contributed by atoms with Gasteiger partial charge in [0.05, 0.1) is 29.9 Å². The van der Waals surface area contributed by atoms with E-state index in [1.165, 1.54) is 31.3 Å². The average Bonchev–Trinajstić information content (AvgIpc) is 3.59. The Balaban J connectivity index is 1.25. The molecule has 0 aliphatic carbocycles. The number of hydrogen-bond acceptors (Lipinski definition) is 14. The van der Waals surface area contributed by atoms with Gasteiger partial charge in [-0.2, -0.15) is 9.78 Å². The van der Waals surface area contributed by atoms with Gasteiger partial charge in [0.25, 0.3) is 11.6 Å². The molecule has 0 unspecified atom stereocenters. The first kappa shape index (κ1) is 28.0. The Morgan fingerprint density at radius 3 is 2.62 bits per heavy atom. The molecule has 1 aliphatic rings. The van der Waals surface area contributed by atoms with Gasteiger partial charge >= 0.3 is 5.97 Å². The number of hydrogen-bond donors (Lipinski definition) is 2. The third kappa shape index (κ3) is 6.26. The number of aromatic nitrogens is 5. The number of nitro benzene ring substituents is 1. The number of nitrogens with one attached hydrogen (secondary N) is 1. The standard InChI is InChI=1S/C25H24N10O7/c1-15-12-17(4-7-20(15)35(38)39)25(37)41-18-5-2-16(3-6-18)13-27-29-24(36)21-19(14-33-8-10-40-11-9-33)28-32-34(21)23-22(26)30-42-31-23/h2-7,12-13H,8-11,14H2,1H3,(H2,26,30)(H,29,36)/b27-13-. The minimum Gasteiger partial charge on any atom is -0.423 e. The summed E-state index contributed by atoms with van der Waals surface area (Å²) in [5, 5.41) is 30.4. The molecule has 5 rings (SSSR count). The third-order valence-electron chi connectivity index (χ3n) is 6.23. The molecule has 0 saturated carbocycles. The molecule has 2 aromatic heterocycles. The zero-order valence-corrected chi connectivity index (χ0v) is 22.2. The van der Waals surface area contributed by atoms with E-state index in [4.69, 9.17) is 15.2 Å². The summed E-state index contributed by atoms with van der Waals surface area (Å²) in [4.78, 5) is 38.2. The maximum absolute atomic E-state index is 13.2. The molecule has 1 aliphatic heterocycles. The van der Waals surface area contributed by atoms with Crippen LogP contribution in [0.4, 0.5) is 11.5 Å². The summed E-state index contributed by atoms with van der Waals surface area (Å²) in [5.74, 6) is -1.09. The highest BCUT2D eigenvalue weighted by Gasteiger charge is 2.26. The molecule has 0 spiro atoms. The first-order valence-electron chi connectivity index (χ1n) is 12.5. The van der Waals surface area contributed by atoms with Crippen molar-refractivity contribution in [1.82, 2.24) is 35.6 Å². The van der Waals surface area contributed by atoms with Gasteiger partial charge < -0.3 is 15.2 Å². The number of carbonyl (C=O) groups excluding carboxylic acids is 2. The predicted octanol–water partition coefficient (Wildman–Crippen LogP) is 1.26. The smallest absolute Gasteiger partial charge is 0.343 e. The fraction of sp³-hybridized carbons (Fsp3) is 0.240. The molecular formula is C25H24N10O7. The topological polar surface area (TPSA) is 219 Å². The van der Waals surface area contributed by atoms with Crippen LogP contribution in [-0.2, 0) is 11.3 Å². The molecule has 42 heavy (non-hydrogen) atoms. The number of nitrogens with two attached hydrogens (primary N) is 1. The molecule has 0 atom stereocenters. The summed E-state index contributed by atoms with van der Waals surface area (Å²) in [6.07, 6.45) is 1.39. The molecule has 1 amide bonds. The van der Waals surface area contributed by atoms with Crippen LogP contribution < -0.4 is 15.9 Å². The summed E-state index contributed by atoms with van der Waals surface area (Å²) in [7, 11) is 0. The van der Waals surface area contributed by atoms with Crippen molar-refractivity contribution in [2.24, 2.45) is 5.10 Å². The molecule has 1 saturated heterocycles. The first-order valence-corrected chi connectivity index (χ1v) is 12.5. The van der Waals surface area contributed by atoms with Crippen LogP contribution in [0.3, 0.4) is 0 Å². The number of hydrazone groups is 1. The van der Waals surface area contributed by atoms with E-state index in [9.17, 15) is 19.7 Å². The highest BCUT2D eigenvalue weighted by Crippen LogP contribution is 2.21. The summed E-state index contributed by atoms with van der Waals surface area (Å²) in [6, 6.07) is 10.3. The molecular weight excluding hydrogens is 552 g/mol. The highest BCUT2D eigenvalue weighted by molar-refractivity contribution is 5.95. The number of nitro groups is 1. The second kappa shape index (κ2) is 12.3. The van der Waals surface area contributed by atoms with Crippen molar-refractivity contribution in [2.75, 3.05) is 32.0 Å². The van der Waals surface area contributed by atoms with E-state index in [-0.39, 0.29) is 34.3 Å². The number of rotatable bonds is 9. The van der Waals surface area contributed by atoms with Gasteiger partial charge in [0.2, 0.25) is 11.6 Å². The third-order valence-corrected chi connectivity index (χ3v) is 6.23. The van der Waals surface area contributed by atoms with Crippen LogP contribution >= 0.6 is 0 Å². The summed E-state index contributed by atoms with van der Waals surface area (Å²) < 4.78 is 16.5. The maximum atomic E-state index is 13.2. The molecule has 17 heteroatoms. The van der Waals surface area contributed by atoms with Crippen molar-refractivity contribution >= 4 is 29.6 Å². The van der Waals surface area contributed by atoms with E-state index in [0.29, 0.717) is 49.7 Å². The Morgan fingerprint density at radius 2 is 1.95 bits per heavy atom. The fourth-order valence-electron chi connectivity index (χ4n) is 4.10. The molecule has 3 heterocycles. The summed E-state index contributed by atoms with van der Waals surface area (Å²) in [6.45, 7) is 4.33. The molecule has 0 bridgehead atoms. The Hall–Kier alpha value is -5.55. The number of carbonyl (C=O) groups is 2. The van der Waals surface area contributed by atoms with Crippen LogP contribution in [-0.4, -0.2) is 79.5 Å². The Kier molecular flexibility index (Phi) is 8.21. The van der Waals surface area contributed by atoms with Crippen LogP contribution in [0.15, 0.2) is 52.2 Å². The minimum atomic E-state index is -0.664. The van der Waals surface area contributed by atoms with Crippen molar-refractivity contribution in [3.05, 3.63) is 80.7 Å². The Morgan fingerprint density at radius 1 is 1.19 bits per heavy atom. The first-order chi connectivity index (χ1) is 20.3. The van der Waals surface area contributed by atoms with Crippen LogP contribution in [0.5, 0.6) is 5.75 Å². The van der Waals surface area contributed by atoms with E-state index < -0.39 is 16.8 Å². The van der Waals surface area contributed by atoms with Gasteiger partial charge in [0.15, 0.2) is 5.69 Å². The summed E-state index contributed by atoms with van der Waals surface area (Å²) in [5.41, 5.74) is 9.72. The molecule has 17 nitrogen and oxygen atoms in total. The number of morpholine rings is 1. The van der Waals surface area contributed by atoms with Crippen LogP contribution in [0, 0.1) is 17.0 Å². The average molecular weight is 577 g/mol. The van der Waals surface area contributed by atoms with Gasteiger partial charge in [-0.1, -0.05) is 5.21 Å². The number of anilines is 1. The van der Waals surface area contributed by atoms with Gasteiger partial charge in [-0.25, -0.2) is 14.8 Å². The SMILES string of the molecule is Cc1cc(C(=O)Oc2ccc(/C=N\NC(=O)c3c(CN4CCOCC4)nnn3-c3nonc3N)cc2)ccc1[N+](=O)[O-]. The van der Waals surface area contributed by atoms with Gasteiger partial charge in [0.1, 0.15) is 11.4 Å². The van der Waals surface area contributed by atoms with Crippen LogP contribution in [0.2, 0.25) is 0 Å². The van der Waals surface area contributed by atoms with Crippen molar-refractivity contribution in [3.8, 4) is 11.6 Å². The van der Waals surface area contributed by atoms with Crippen LogP contribution in [0.1, 0.15) is 37.7 Å². The number of aryl methyl sites for hydroxylation is 1. The number of benzene rings is 2. The molecule has 4 aromatic rings. The van der Waals surface area contributed by atoms with Crippen molar-refractivity contribution in [2.45, 2.75) is 13.5 Å². The fourth-order valence-corrected chi connectivity index (χ4v) is 4.10. The predicted molar refractivity (Wildman–Crippen MR) is 144 cm³/mol. The molecule has 2 aromatic carbocycles. The summed E-state index contributed by atoms with van der Waals surface area (Å²) >= 11 is 0. The van der Waals surface area contributed by atoms with E-state index in [1.807, 2.05) is 0 Å². The van der Waals surface area contributed by atoms with Gasteiger partial charge in [-0.3, -0.25) is 19.8 Å². The van der Waals surface area contributed by atoms with E-state index in [2.05, 4.69) is 40.7 Å². The minimum absolute atomic E-state index is 0.0129. The highest BCUT2D eigenvalue weighted by atomic mass is 16.6. The maximum Gasteiger partial charge on any atom is 0.343 e. The second-order valence-corrected chi connectivity index (χ2v) is 9.07. The Labute approximate surface area is 237 Å². The van der Waals surface area contributed by atoms with E-state index in [1.54, 1.807) is 24.3 Å². The molecule has 0 radical (unpaired) electrons. The van der Waals surface area contributed by atoms with Crippen molar-refractivity contribution < 1.29 is 28.6 Å². The lowest BCUT2D eigenvalue weighted by atomic mass is 10.1. The van der Waals surface area contributed by atoms with Crippen LogP contribution in [0.25, 0.3) is 5.82 Å². The number of esters is 1. The van der Waals surface area contributed by atoms with Gasteiger partial charge in [-0.15, -0.1) is 5.10 Å². The Bertz CT molecular complexity index is 1640. The van der Waals surface area contributed by atoms with E-state index >= 15 is 0 Å². The lowest BCUT2D eigenvalue weighted by Gasteiger charge is -2.25. The largest absolute Gasteiger partial charge is 0.423 e. The van der Waals surface area contributed by atoms with E-state index in [0.717, 1.165) is 4.68 Å². The molecule has 3 N–H and O–H groups in total. The number of ether oxygens (including phenoxy) is 2. The number of amides is 1. The van der Waals surface area contributed by atoms with Crippen molar-refractivity contribution in [1.29, 1.82) is 0 Å². The molecule has 1 fully saturated rings. The lowest BCUT2D eigenvalue weighted by Crippen LogP contribution is -2.36. The zero-order chi connectivity index (χ0) is 29.6. The second-order valence-electron chi connectivity index (χ2n) is 9.07. The quantitative estimate of drug-likeness (QED) is 0.0943. The lowest BCUT2D eigenvalue weighted by molar-refractivity contribution is -0.385. The zero-order valence-electron chi connectivity index (χ0n) is 22.2. The van der Waals surface area contributed by atoms with Crippen molar-refractivity contribution in [3.63, 3.8) is 0 Å². The van der Waals surface area contributed by atoms with Gasteiger partial charge in [0, 0.05) is 31.3 Å². The monoisotopic (exact) mass is 576 g/mol. The van der Waals surface area contributed by atoms with Gasteiger partial charge in [-0.05, 0) is 59.2 Å². The number of nitrogen functional groups attached to an aromatic ring is 1.